The molecule has 0 aromatic carbocycles. The zero-order chi connectivity index (χ0) is 11.5. The Kier molecular flexibility index (Phi) is 3.21. The maximum absolute atomic E-state index is 5.49. The van der Waals surface area contributed by atoms with Crippen molar-refractivity contribution in [2.24, 2.45) is 0 Å². The molecule has 16 heavy (non-hydrogen) atoms. The molecule has 2 N–H and O–H groups in total. The number of rotatable bonds is 3. The van der Waals surface area contributed by atoms with Gasteiger partial charge in [0.1, 0.15) is 18.0 Å². The molecule has 1 aliphatic heterocycles. The summed E-state index contributed by atoms with van der Waals surface area (Å²) in [7, 11) is 3.38. The van der Waals surface area contributed by atoms with E-state index >= 15 is 0 Å². The van der Waals surface area contributed by atoms with Crippen LogP contribution in [0.3, 0.4) is 0 Å². The molecule has 88 valence electrons. The molecule has 0 spiro atoms. The van der Waals surface area contributed by atoms with Gasteiger partial charge in [0.15, 0.2) is 5.82 Å². The molecule has 2 heterocycles. The Balaban J connectivity index is 2.09. The zero-order valence-electron chi connectivity index (χ0n) is 9.46. The first kappa shape index (κ1) is 11.1. The Morgan fingerprint density at radius 2 is 1.81 bits per heavy atom. The summed E-state index contributed by atoms with van der Waals surface area (Å²) >= 11 is 0. The third kappa shape index (κ3) is 2.07. The van der Waals surface area contributed by atoms with Crippen LogP contribution in [-0.2, 0) is 9.47 Å². The Morgan fingerprint density at radius 1 is 1.19 bits per heavy atom. The van der Waals surface area contributed by atoms with E-state index in [4.69, 9.17) is 15.2 Å². The number of hydrogen-bond acceptors (Lipinski definition) is 6. The SMILES string of the molecule is COC1CN(c2ccc(N)nn2)CC1OC. The fourth-order valence-electron chi connectivity index (χ4n) is 1.89. The Hall–Kier alpha value is -1.40. The minimum atomic E-state index is 0.0735. The van der Waals surface area contributed by atoms with Crippen molar-refractivity contribution in [2.75, 3.05) is 37.9 Å². The summed E-state index contributed by atoms with van der Waals surface area (Å²) < 4.78 is 10.7. The third-order valence-electron chi connectivity index (χ3n) is 2.82. The lowest BCUT2D eigenvalue weighted by Crippen LogP contribution is -2.27. The van der Waals surface area contributed by atoms with E-state index in [0.717, 1.165) is 18.9 Å². The molecular weight excluding hydrogens is 208 g/mol. The van der Waals surface area contributed by atoms with Gasteiger partial charge in [0.05, 0.1) is 0 Å². The molecule has 2 unspecified atom stereocenters. The maximum atomic E-state index is 5.49. The second-order valence-electron chi connectivity index (χ2n) is 3.77. The van der Waals surface area contributed by atoms with Gasteiger partial charge in [-0.2, -0.15) is 0 Å². The van der Waals surface area contributed by atoms with Crippen LogP contribution >= 0.6 is 0 Å². The number of nitrogens with two attached hydrogens (primary N) is 1. The lowest BCUT2D eigenvalue weighted by atomic mass is 10.3. The van der Waals surface area contributed by atoms with Gasteiger partial charge in [-0.05, 0) is 12.1 Å². The summed E-state index contributed by atoms with van der Waals surface area (Å²) in [6.45, 7) is 1.52. The molecule has 0 radical (unpaired) electrons. The van der Waals surface area contributed by atoms with Gasteiger partial charge in [0.2, 0.25) is 0 Å². The topological polar surface area (TPSA) is 73.5 Å². The number of anilines is 2. The van der Waals surface area contributed by atoms with Crippen LogP contribution in [0, 0.1) is 0 Å². The standard InChI is InChI=1S/C10H16N4O2/c1-15-7-5-14(6-8(7)16-2)10-4-3-9(11)12-13-10/h3-4,7-8H,5-6H2,1-2H3,(H2,11,12). The van der Waals surface area contributed by atoms with Crippen molar-refractivity contribution < 1.29 is 9.47 Å². The second-order valence-corrected chi connectivity index (χ2v) is 3.77. The van der Waals surface area contributed by atoms with Crippen LogP contribution in [0.2, 0.25) is 0 Å². The molecule has 1 saturated heterocycles. The molecule has 2 atom stereocenters. The smallest absolute Gasteiger partial charge is 0.151 e. The summed E-state index contributed by atoms with van der Waals surface area (Å²) in [5.74, 6) is 1.23. The molecule has 0 bridgehead atoms. The van der Waals surface area contributed by atoms with E-state index in [0.29, 0.717) is 5.82 Å². The van der Waals surface area contributed by atoms with Crippen LogP contribution in [0.25, 0.3) is 0 Å². The summed E-state index contributed by atoms with van der Waals surface area (Å²) in [6.07, 6.45) is 0.147. The third-order valence-corrected chi connectivity index (χ3v) is 2.82. The number of hydrogen-bond donors (Lipinski definition) is 1. The highest BCUT2D eigenvalue weighted by molar-refractivity contribution is 5.43. The fourth-order valence-corrected chi connectivity index (χ4v) is 1.89. The number of nitrogen functional groups attached to an aromatic ring is 1. The van der Waals surface area contributed by atoms with Crippen LogP contribution < -0.4 is 10.6 Å². The molecule has 0 amide bonds. The predicted octanol–water partition coefficient (Wildman–Crippen LogP) is -0.0912. The van der Waals surface area contributed by atoms with Crippen LogP contribution in [0.1, 0.15) is 0 Å². The van der Waals surface area contributed by atoms with Crippen molar-refractivity contribution in [2.45, 2.75) is 12.2 Å². The molecule has 2 rings (SSSR count). The first-order valence-electron chi connectivity index (χ1n) is 5.14. The molecule has 1 aliphatic rings. The summed E-state index contributed by atoms with van der Waals surface area (Å²) in [5, 5.41) is 7.87. The summed E-state index contributed by atoms with van der Waals surface area (Å²) in [4.78, 5) is 2.08. The van der Waals surface area contributed by atoms with Gasteiger partial charge in [-0.1, -0.05) is 0 Å². The summed E-state index contributed by atoms with van der Waals surface area (Å²) in [6, 6.07) is 3.59. The minimum Gasteiger partial charge on any atom is -0.382 e. The molecule has 6 heteroatoms. The molecule has 0 saturated carbocycles. The average Bonchev–Trinajstić information content (AvgIpc) is 2.73. The highest BCUT2D eigenvalue weighted by Gasteiger charge is 2.33. The maximum Gasteiger partial charge on any atom is 0.151 e. The van der Waals surface area contributed by atoms with E-state index < -0.39 is 0 Å². The van der Waals surface area contributed by atoms with Gasteiger partial charge < -0.3 is 20.1 Å². The van der Waals surface area contributed by atoms with Gasteiger partial charge >= 0.3 is 0 Å². The van der Waals surface area contributed by atoms with Crippen molar-refractivity contribution in [3.63, 3.8) is 0 Å². The highest BCUT2D eigenvalue weighted by Crippen LogP contribution is 2.21. The van der Waals surface area contributed by atoms with Crippen molar-refractivity contribution in [3.05, 3.63) is 12.1 Å². The normalized spacial score (nSPS) is 25.0. The Labute approximate surface area is 94.3 Å². The Bertz CT molecular complexity index is 331. The Morgan fingerprint density at radius 3 is 2.25 bits per heavy atom. The second kappa shape index (κ2) is 4.63. The number of aromatic nitrogens is 2. The van der Waals surface area contributed by atoms with Gasteiger partial charge in [-0.25, -0.2) is 0 Å². The fraction of sp³-hybridized carbons (Fsp3) is 0.600. The average molecular weight is 224 g/mol. The zero-order valence-corrected chi connectivity index (χ0v) is 9.46. The number of nitrogens with zero attached hydrogens (tertiary/aromatic N) is 3. The van der Waals surface area contributed by atoms with Crippen LogP contribution in [0.5, 0.6) is 0 Å². The van der Waals surface area contributed by atoms with Crippen LogP contribution in [0.15, 0.2) is 12.1 Å². The quantitative estimate of drug-likeness (QED) is 0.773. The number of methoxy groups -OCH3 is 2. The first-order valence-corrected chi connectivity index (χ1v) is 5.14. The first-order chi connectivity index (χ1) is 7.74. The van der Waals surface area contributed by atoms with Crippen molar-refractivity contribution >= 4 is 11.6 Å². The molecule has 0 aliphatic carbocycles. The van der Waals surface area contributed by atoms with E-state index in [2.05, 4.69) is 15.1 Å². The van der Waals surface area contributed by atoms with Gasteiger partial charge in [-0.3, -0.25) is 0 Å². The lowest BCUT2D eigenvalue weighted by molar-refractivity contribution is -0.00461. The van der Waals surface area contributed by atoms with E-state index in [1.807, 2.05) is 6.07 Å². The van der Waals surface area contributed by atoms with E-state index in [1.54, 1.807) is 20.3 Å². The van der Waals surface area contributed by atoms with Crippen molar-refractivity contribution in [1.29, 1.82) is 0 Å². The minimum absolute atomic E-state index is 0.0735. The van der Waals surface area contributed by atoms with Crippen molar-refractivity contribution in [3.8, 4) is 0 Å². The van der Waals surface area contributed by atoms with Crippen LogP contribution in [0.4, 0.5) is 11.6 Å². The highest BCUT2D eigenvalue weighted by atomic mass is 16.5. The van der Waals surface area contributed by atoms with Crippen molar-refractivity contribution in [1.82, 2.24) is 10.2 Å². The molecule has 1 aromatic heterocycles. The molecule has 1 aromatic rings. The van der Waals surface area contributed by atoms with Gasteiger partial charge in [0, 0.05) is 27.3 Å². The van der Waals surface area contributed by atoms with E-state index in [-0.39, 0.29) is 12.2 Å². The lowest BCUT2D eigenvalue weighted by Gasteiger charge is -2.15. The monoisotopic (exact) mass is 224 g/mol. The molecular formula is C10H16N4O2. The van der Waals surface area contributed by atoms with Gasteiger partial charge in [-0.15, -0.1) is 10.2 Å². The van der Waals surface area contributed by atoms with E-state index in [9.17, 15) is 0 Å². The van der Waals surface area contributed by atoms with Gasteiger partial charge in [0.25, 0.3) is 0 Å². The van der Waals surface area contributed by atoms with E-state index in [1.165, 1.54) is 0 Å². The predicted molar refractivity (Wildman–Crippen MR) is 60.3 cm³/mol. The largest absolute Gasteiger partial charge is 0.382 e. The summed E-state index contributed by atoms with van der Waals surface area (Å²) in [5.41, 5.74) is 5.49. The molecule has 6 nitrogen and oxygen atoms in total. The van der Waals surface area contributed by atoms with Crippen LogP contribution in [-0.4, -0.2) is 49.7 Å². The molecule has 1 fully saturated rings. The number of ether oxygens (including phenoxy) is 2.